The second-order valence-electron chi connectivity index (χ2n) is 9.64. The van der Waals surface area contributed by atoms with Crippen LogP contribution in [0.1, 0.15) is 74.4 Å². The zero-order valence-corrected chi connectivity index (χ0v) is 25.4. The van der Waals surface area contributed by atoms with Gasteiger partial charge in [0.2, 0.25) is 0 Å². The molecule has 0 aliphatic carbocycles. The van der Waals surface area contributed by atoms with E-state index in [2.05, 4.69) is 55.6 Å². The number of allylic oxidation sites excluding steroid dienone is 7. The average Bonchev–Trinajstić information content (AvgIpc) is 2.93. The molecule has 216 valence electrons. The van der Waals surface area contributed by atoms with Crippen molar-refractivity contribution in [3.05, 3.63) is 82.0 Å². The van der Waals surface area contributed by atoms with Crippen molar-refractivity contribution in [3.8, 4) is 0 Å². The molecule has 0 amide bonds. The van der Waals surface area contributed by atoms with E-state index in [-0.39, 0.29) is 16.7 Å². The molecule has 39 heavy (non-hydrogen) atoms. The summed E-state index contributed by atoms with van der Waals surface area (Å²) in [5.41, 5.74) is 3.58. The second-order valence-corrected chi connectivity index (χ2v) is 9.64. The quantitative estimate of drug-likeness (QED) is 0.288. The standard InChI is InChI=1S/C22H26F2N4O.C8H16.C2H6/c1-5-16(12-18(15(2)3)22(4,23)24)19-13-21(29)28-14-17(6-7-20(28)26-19)27-10-8-25-9-11-27;1-5-7(3)8(4)6-2;1-2/h5-7,12-14,25H,2,8-11H2,1,3-4H3;5,8H,6H2,1-4H3;1-2H3/b16-5+,18-12+;7-5-;. The van der Waals surface area contributed by atoms with Gasteiger partial charge in [-0.15, -0.1) is 0 Å². The van der Waals surface area contributed by atoms with Crippen LogP contribution in [-0.4, -0.2) is 41.5 Å². The predicted octanol–water partition coefficient (Wildman–Crippen LogP) is 7.69. The number of fused-ring (bicyclic) bond motifs is 1. The highest BCUT2D eigenvalue weighted by molar-refractivity contribution is 5.74. The highest BCUT2D eigenvalue weighted by atomic mass is 19.3. The molecular weight excluding hydrogens is 494 g/mol. The fourth-order valence-electron chi connectivity index (χ4n) is 4.04. The van der Waals surface area contributed by atoms with Crippen LogP contribution in [0.2, 0.25) is 0 Å². The minimum atomic E-state index is -3.04. The number of nitrogens with zero attached hydrogens (tertiary/aromatic N) is 3. The Labute approximate surface area is 234 Å². The summed E-state index contributed by atoms with van der Waals surface area (Å²) in [6.45, 7) is 24.1. The average molecular weight is 543 g/mol. The van der Waals surface area contributed by atoms with Crippen LogP contribution in [0.15, 0.2) is 70.7 Å². The molecule has 0 aromatic carbocycles. The van der Waals surface area contributed by atoms with Gasteiger partial charge >= 0.3 is 0 Å². The molecule has 7 heteroatoms. The van der Waals surface area contributed by atoms with Crippen molar-refractivity contribution < 1.29 is 8.78 Å². The molecule has 1 N–H and O–H groups in total. The SMILES string of the molecule is C/C=C(/C)C(C)CC.C=C(C)/C(=C\C(=C/C)c1cc(=O)n2cc(N3CCNCC3)ccc2n1)C(C)(F)F.CC. The molecule has 1 atom stereocenters. The molecular formula is C32H48F2N4O. The van der Waals surface area contributed by atoms with Gasteiger partial charge in [-0.1, -0.05) is 52.0 Å². The number of anilines is 1. The Morgan fingerprint density at radius 1 is 1.18 bits per heavy atom. The summed E-state index contributed by atoms with van der Waals surface area (Å²) in [5, 5.41) is 3.30. The maximum absolute atomic E-state index is 14.0. The van der Waals surface area contributed by atoms with Gasteiger partial charge in [-0.2, -0.15) is 0 Å². The zero-order valence-electron chi connectivity index (χ0n) is 25.4. The predicted molar refractivity (Wildman–Crippen MR) is 164 cm³/mol. The van der Waals surface area contributed by atoms with Crippen LogP contribution < -0.4 is 15.8 Å². The van der Waals surface area contributed by atoms with Crippen molar-refractivity contribution in [2.75, 3.05) is 31.1 Å². The molecule has 5 nitrogen and oxygen atoms in total. The fraction of sp³-hybridized carbons (Fsp3) is 0.500. The van der Waals surface area contributed by atoms with E-state index in [1.54, 1.807) is 25.3 Å². The Kier molecular flexibility index (Phi) is 14.1. The summed E-state index contributed by atoms with van der Waals surface area (Å²) in [6.07, 6.45) is 8.26. The van der Waals surface area contributed by atoms with Crippen LogP contribution in [0, 0.1) is 5.92 Å². The number of aromatic nitrogens is 2. The first-order valence-electron chi connectivity index (χ1n) is 14.0. The molecule has 2 aromatic rings. The highest BCUT2D eigenvalue weighted by Crippen LogP contribution is 2.31. The van der Waals surface area contributed by atoms with Crippen LogP contribution in [0.25, 0.3) is 11.2 Å². The van der Waals surface area contributed by atoms with Gasteiger partial charge in [0.25, 0.3) is 11.5 Å². The zero-order chi connectivity index (χ0) is 29.8. The summed E-state index contributed by atoms with van der Waals surface area (Å²) in [7, 11) is 0. The lowest BCUT2D eigenvalue weighted by atomic mass is 9.99. The van der Waals surface area contributed by atoms with Crippen LogP contribution in [-0.2, 0) is 0 Å². The van der Waals surface area contributed by atoms with Gasteiger partial charge in [0.05, 0.1) is 11.4 Å². The Morgan fingerprint density at radius 2 is 1.79 bits per heavy atom. The molecule has 0 bridgehead atoms. The second kappa shape index (κ2) is 16.1. The molecule has 3 rings (SSSR count). The van der Waals surface area contributed by atoms with Gasteiger partial charge in [0.1, 0.15) is 5.65 Å². The lowest BCUT2D eigenvalue weighted by Crippen LogP contribution is -2.43. The number of hydrogen-bond donors (Lipinski definition) is 1. The van der Waals surface area contributed by atoms with Gasteiger partial charge < -0.3 is 10.2 Å². The Bertz CT molecular complexity index is 1230. The smallest absolute Gasteiger partial charge is 0.270 e. The first-order valence-corrected chi connectivity index (χ1v) is 14.0. The molecule has 1 aliphatic heterocycles. The lowest BCUT2D eigenvalue weighted by molar-refractivity contribution is 0.0661. The Balaban J connectivity index is 0.000000654. The normalized spacial score (nSPS) is 15.7. The summed E-state index contributed by atoms with van der Waals surface area (Å²) in [4.78, 5) is 19.5. The van der Waals surface area contributed by atoms with Crippen LogP contribution in [0.5, 0.6) is 0 Å². The molecule has 0 saturated carbocycles. The van der Waals surface area contributed by atoms with Crippen LogP contribution in [0.3, 0.4) is 0 Å². The van der Waals surface area contributed by atoms with Crippen molar-refractivity contribution in [1.29, 1.82) is 0 Å². The minimum Gasteiger partial charge on any atom is -0.368 e. The van der Waals surface area contributed by atoms with Gasteiger partial charge in [-0.25, -0.2) is 13.8 Å². The van der Waals surface area contributed by atoms with Crippen molar-refractivity contribution in [2.24, 2.45) is 5.92 Å². The van der Waals surface area contributed by atoms with Crippen LogP contribution in [0.4, 0.5) is 14.5 Å². The van der Waals surface area contributed by atoms with Gasteiger partial charge in [0, 0.05) is 50.9 Å². The molecule has 1 fully saturated rings. The van der Waals surface area contributed by atoms with Gasteiger partial charge in [-0.05, 0) is 69.4 Å². The third kappa shape index (κ3) is 9.88. The van der Waals surface area contributed by atoms with E-state index in [1.165, 1.54) is 35.5 Å². The lowest BCUT2D eigenvalue weighted by Gasteiger charge is -2.29. The van der Waals surface area contributed by atoms with Gasteiger partial charge in [0.15, 0.2) is 0 Å². The van der Waals surface area contributed by atoms with Gasteiger partial charge in [-0.3, -0.25) is 9.20 Å². The van der Waals surface area contributed by atoms with Crippen LogP contribution >= 0.6 is 0 Å². The summed E-state index contributed by atoms with van der Waals surface area (Å²) in [6, 6.07) is 5.10. The number of pyridine rings is 1. The van der Waals surface area contributed by atoms with Crippen molar-refractivity contribution >= 4 is 16.9 Å². The number of alkyl halides is 2. The third-order valence-electron chi connectivity index (χ3n) is 6.81. The molecule has 1 saturated heterocycles. The van der Waals surface area contributed by atoms with E-state index < -0.39 is 5.92 Å². The largest absolute Gasteiger partial charge is 0.368 e. The maximum Gasteiger partial charge on any atom is 0.270 e. The monoisotopic (exact) mass is 542 g/mol. The highest BCUT2D eigenvalue weighted by Gasteiger charge is 2.28. The third-order valence-corrected chi connectivity index (χ3v) is 6.81. The van der Waals surface area contributed by atoms with Crippen molar-refractivity contribution in [2.45, 2.75) is 74.7 Å². The molecule has 3 heterocycles. The number of nitrogens with one attached hydrogen (secondary N) is 1. The van der Waals surface area contributed by atoms with E-state index in [9.17, 15) is 13.6 Å². The molecule has 2 aromatic heterocycles. The molecule has 1 aliphatic rings. The minimum absolute atomic E-state index is 0.179. The first-order chi connectivity index (χ1) is 18.4. The number of rotatable bonds is 7. The number of hydrogen-bond acceptors (Lipinski definition) is 4. The van der Waals surface area contributed by atoms with E-state index in [0.717, 1.165) is 44.7 Å². The molecule has 0 radical (unpaired) electrons. The summed E-state index contributed by atoms with van der Waals surface area (Å²) in [5.74, 6) is -2.26. The number of halogens is 2. The fourth-order valence-corrected chi connectivity index (χ4v) is 4.04. The van der Waals surface area contributed by atoms with Crippen molar-refractivity contribution in [3.63, 3.8) is 0 Å². The summed E-state index contributed by atoms with van der Waals surface area (Å²) >= 11 is 0. The molecule has 1 unspecified atom stereocenters. The van der Waals surface area contributed by atoms with E-state index in [0.29, 0.717) is 16.9 Å². The van der Waals surface area contributed by atoms with E-state index in [4.69, 9.17) is 0 Å². The Hall–Kier alpha value is -3.06. The Morgan fingerprint density at radius 3 is 2.26 bits per heavy atom. The maximum atomic E-state index is 14.0. The summed E-state index contributed by atoms with van der Waals surface area (Å²) < 4.78 is 29.4. The van der Waals surface area contributed by atoms with Crippen molar-refractivity contribution in [1.82, 2.24) is 14.7 Å². The van der Waals surface area contributed by atoms with E-state index >= 15 is 0 Å². The first kappa shape index (κ1) is 34.0. The number of piperazine rings is 1. The van der Waals surface area contributed by atoms with E-state index in [1.807, 2.05) is 19.9 Å². The molecule has 0 spiro atoms. The topological polar surface area (TPSA) is 49.6 Å².